The third-order valence-electron chi connectivity index (χ3n) is 2.85. The first kappa shape index (κ1) is 12.0. The molecular formula is C11H19NO3. The van der Waals surface area contributed by atoms with Crippen LogP contribution >= 0.6 is 0 Å². The van der Waals surface area contributed by atoms with Crippen LogP contribution in [0.15, 0.2) is 0 Å². The van der Waals surface area contributed by atoms with E-state index in [0.717, 1.165) is 0 Å². The van der Waals surface area contributed by atoms with Gasteiger partial charge in [0.15, 0.2) is 5.92 Å². The molecule has 4 heteroatoms. The Morgan fingerprint density at radius 3 is 2.40 bits per heavy atom. The zero-order chi connectivity index (χ0) is 11.8. The fourth-order valence-corrected chi connectivity index (χ4v) is 2.33. The molecule has 1 unspecified atom stereocenters. The van der Waals surface area contributed by atoms with Crippen molar-refractivity contribution in [3.05, 3.63) is 0 Å². The Balaban J connectivity index is 2.80. The van der Waals surface area contributed by atoms with E-state index in [4.69, 9.17) is 4.74 Å². The Hall–Kier alpha value is -1.06. The number of hydrogen-bond donors (Lipinski definition) is 0. The predicted octanol–water partition coefficient (Wildman–Crippen LogP) is 1.19. The second kappa shape index (κ2) is 3.83. The van der Waals surface area contributed by atoms with Gasteiger partial charge >= 0.3 is 5.97 Å². The number of β-lactam (4-membered cyclic amide) rings is 1. The maximum atomic E-state index is 11.8. The van der Waals surface area contributed by atoms with Crippen LogP contribution in [0.1, 0.15) is 34.6 Å². The maximum absolute atomic E-state index is 11.8. The van der Waals surface area contributed by atoms with Gasteiger partial charge in [0.25, 0.3) is 0 Å². The summed E-state index contributed by atoms with van der Waals surface area (Å²) in [6.45, 7) is 9.75. The van der Waals surface area contributed by atoms with Gasteiger partial charge in [-0.05, 0) is 34.6 Å². The number of amides is 1. The first-order chi connectivity index (χ1) is 6.84. The van der Waals surface area contributed by atoms with Gasteiger partial charge in [-0.15, -0.1) is 0 Å². The number of hydrogen-bond acceptors (Lipinski definition) is 3. The van der Waals surface area contributed by atoms with E-state index < -0.39 is 17.4 Å². The Labute approximate surface area is 90.6 Å². The number of carbonyl (C=O) groups is 2. The number of ether oxygens (including phenoxy) is 1. The molecule has 0 N–H and O–H groups in total. The van der Waals surface area contributed by atoms with Crippen LogP contribution in [-0.2, 0) is 14.3 Å². The average Bonchev–Trinajstić information content (AvgIpc) is 2.01. The lowest BCUT2D eigenvalue weighted by atomic mass is 9.75. The third kappa shape index (κ3) is 1.73. The summed E-state index contributed by atoms with van der Waals surface area (Å²) in [5.41, 5.74) is -0.419. The highest BCUT2D eigenvalue weighted by atomic mass is 16.5. The van der Waals surface area contributed by atoms with Crippen LogP contribution in [0.4, 0.5) is 0 Å². The first-order valence-corrected chi connectivity index (χ1v) is 5.33. The fourth-order valence-electron chi connectivity index (χ4n) is 2.33. The SMILES string of the molecule is CCOC(=O)C1C(=O)N(C(C)C)C1(C)C. The van der Waals surface area contributed by atoms with Crippen molar-refractivity contribution in [1.82, 2.24) is 4.90 Å². The van der Waals surface area contributed by atoms with E-state index in [0.29, 0.717) is 6.61 Å². The number of nitrogens with zero attached hydrogens (tertiary/aromatic N) is 1. The highest BCUT2D eigenvalue weighted by Gasteiger charge is 2.59. The zero-order valence-corrected chi connectivity index (χ0v) is 10.0. The molecule has 0 aromatic rings. The van der Waals surface area contributed by atoms with Gasteiger partial charge in [-0.25, -0.2) is 0 Å². The number of likely N-dealkylation sites (tertiary alicyclic amines) is 1. The van der Waals surface area contributed by atoms with Crippen molar-refractivity contribution < 1.29 is 14.3 Å². The molecule has 4 nitrogen and oxygen atoms in total. The van der Waals surface area contributed by atoms with E-state index >= 15 is 0 Å². The molecule has 15 heavy (non-hydrogen) atoms. The molecule has 1 aliphatic rings. The van der Waals surface area contributed by atoms with Crippen LogP contribution < -0.4 is 0 Å². The first-order valence-electron chi connectivity index (χ1n) is 5.33. The molecular weight excluding hydrogens is 194 g/mol. The van der Waals surface area contributed by atoms with Crippen molar-refractivity contribution >= 4 is 11.9 Å². The topological polar surface area (TPSA) is 46.6 Å². The lowest BCUT2D eigenvalue weighted by molar-refractivity contribution is -0.185. The van der Waals surface area contributed by atoms with Crippen LogP contribution in [0.25, 0.3) is 0 Å². The molecule has 0 radical (unpaired) electrons. The van der Waals surface area contributed by atoms with E-state index in [-0.39, 0.29) is 11.9 Å². The normalized spacial score (nSPS) is 24.0. The number of esters is 1. The quantitative estimate of drug-likeness (QED) is 0.402. The molecule has 1 amide bonds. The fraction of sp³-hybridized carbons (Fsp3) is 0.818. The molecule has 1 rings (SSSR count). The lowest BCUT2D eigenvalue weighted by Crippen LogP contribution is -2.72. The molecule has 1 atom stereocenters. The van der Waals surface area contributed by atoms with Crippen LogP contribution in [0, 0.1) is 5.92 Å². The Morgan fingerprint density at radius 1 is 1.53 bits per heavy atom. The minimum atomic E-state index is -0.625. The molecule has 0 bridgehead atoms. The van der Waals surface area contributed by atoms with Gasteiger partial charge in [0.1, 0.15) is 0 Å². The zero-order valence-electron chi connectivity index (χ0n) is 10.0. The summed E-state index contributed by atoms with van der Waals surface area (Å²) in [6, 6.07) is 0.123. The monoisotopic (exact) mass is 213 g/mol. The van der Waals surface area contributed by atoms with Gasteiger partial charge in [0.05, 0.1) is 12.1 Å². The van der Waals surface area contributed by atoms with E-state index in [2.05, 4.69) is 0 Å². The summed E-state index contributed by atoms with van der Waals surface area (Å²) in [5, 5.41) is 0. The highest BCUT2D eigenvalue weighted by Crippen LogP contribution is 2.39. The minimum Gasteiger partial charge on any atom is -0.465 e. The highest BCUT2D eigenvalue weighted by molar-refractivity contribution is 6.04. The number of rotatable bonds is 3. The van der Waals surface area contributed by atoms with Crippen molar-refractivity contribution in [2.24, 2.45) is 5.92 Å². The molecule has 1 heterocycles. The van der Waals surface area contributed by atoms with E-state index in [1.165, 1.54) is 0 Å². The molecule has 0 aromatic carbocycles. The van der Waals surface area contributed by atoms with Crippen LogP contribution in [-0.4, -0.2) is 35.0 Å². The summed E-state index contributed by atoms with van der Waals surface area (Å²) < 4.78 is 4.89. The van der Waals surface area contributed by atoms with Gasteiger partial charge < -0.3 is 9.64 Å². The molecule has 0 spiro atoms. The van der Waals surface area contributed by atoms with Gasteiger partial charge in [-0.3, -0.25) is 9.59 Å². The molecule has 1 aliphatic heterocycles. The Bertz CT molecular complexity index is 284. The maximum Gasteiger partial charge on any atom is 0.320 e. The average molecular weight is 213 g/mol. The third-order valence-corrected chi connectivity index (χ3v) is 2.85. The van der Waals surface area contributed by atoms with Crippen molar-refractivity contribution in [3.8, 4) is 0 Å². The largest absolute Gasteiger partial charge is 0.465 e. The summed E-state index contributed by atoms with van der Waals surface area (Å²) in [5.74, 6) is -1.14. The van der Waals surface area contributed by atoms with Crippen LogP contribution in [0.3, 0.4) is 0 Å². The van der Waals surface area contributed by atoms with Gasteiger partial charge in [-0.1, -0.05) is 0 Å². The van der Waals surface area contributed by atoms with E-state index in [1.54, 1.807) is 11.8 Å². The minimum absolute atomic E-state index is 0.117. The van der Waals surface area contributed by atoms with Gasteiger partial charge in [-0.2, -0.15) is 0 Å². The Morgan fingerprint density at radius 2 is 2.07 bits per heavy atom. The molecule has 0 aliphatic carbocycles. The van der Waals surface area contributed by atoms with E-state index in [1.807, 2.05) is 27.7 Å². The molecule has 1 saturated heterocycles. The van der Waals surface area contributed by atoms with Crippen molar-refractivity contribution in [2.45, 2.75) is 46.2 Å². The van der Waals surface area contributed by atoms with Crippen LogP contribution in [0.2, 0.25) is 0 Å². The second-order valence-electron chi connectivity index (χ2n) is 4.64. The van der Waals surface area contributed by atoms with Crippen LogP contribution in [0.5, 0.6) is 0 Å². The predicted molar refractivity (Wildman–Crippen MR) is 56.2 cm³/mol. The summed E-state index contributed by atoms with van der Waals surface area (Å²) in [4.78, 5) is 25.0. The summed E-state index contributed by atoms with van der Waals surface area (Å²) in [6.07, 6.45) is 0. The standard InChI is InChI=1S/C11H19NO3/c1-6-15-10(14)8-9(13)12(7(2)3)11(8,4)5/h7-8H,6H2,1-5H3. The van der Waals surface area contributed by atoms with Crippen molar-refractivity contribution in [1.29, 1.82) is 0 Å². The van der Waals surface area contributed by atoms with E-state index in [9.17, 15) is 9.59 Å². The molecule has 0 saturated carbocycles. The second-order valence-corrected chi connectivity index (χ2v) is 4.64. The molecule has 0 aromatic heterocycles. The van der Waals surface area contributed by atoms with Gasteiger partial charge in [0.2, 0.25) is 5.91 Å². The lowest BCUT2D eigenvalue weighted by Gasteiger charge is -2.54. The summed E-state index contributed by atoms with van der Waals surface area (Å²) >= 11 is 0. The Kier molecular flexibility index (Phi) is 3.07. The van der Waals surface area contributed by atoms with Crippen molar-refractivity contribution in [3.63, 3.8) is 0 Å². The van der Waals surface area contributed by atoms with Crippen molar-refractivity contribution in [2.75, 3.05) is 6.61 Å². The molecule has 86 valence electrons. The molecule has 1 fully saturated rings. The smallest absolute Gasteiger partial charge is 0.320 e. The summed E-state index contributed by atoms with van der Waals surface area (Å²) in [7, 11) is 0. The number of carbonyl (C=O) groups excluding carboxylic acids is 2. The van der Waals surface area contributed by atoms with Gasteiger partial charge in [0, 0.05) is 6.04 Å².